The lowest BCUT2D eigenvalue weighted by molar-refractivity contribution is -0.0180. The van der Waals surface area contributed by atoms with Gasteiger partial charge >= 0.3 is 0 Å². The van der Waals surface area contributed by atoms with E-state index in [1.807, 2.05) is 0 Å². The lowest BCUT2D eigenvalue weighted by Gasteiger charge is -2.52. The van der Waals surface area contributed by atoms with E-state index in [1.54, 1.807) is 0 Å². The lowest BCUT2D eigenvalue weighted by Crippen LogP contribution is -2.44. The summed E-state index contributed by atoms with van der Waals surface area (Å²) in [7, 11) is 0. The van der Waals surface area contributed by atoms with Crippen LogP contribution in [0.3, 0.4) is 0 Å². The number of hydrogen-bond acceptors (Lipinski definition) is 1. The zero-order valence-corrected chi connectivity index (χ0v) is 16.2. The molecule has 0 N–H and O–H groups in total. The second-order valence-electron chi connectivity index (χ2n) is 9.49. The summed E-state index contributed by atoms with van der Waals surface area (Å²) in [5.41, 5.74) is 0.0442. The second kappa shape index (κ2) is 8.25. The minimum Gasteiger partial charge on any atom is -0.198 e. The molecule has 0 aromatic heterocycles. The number of unbranched alkanes of at least 4 members (excludes halogenated alkanes) is 2. The van der Waals surface area contributed by atoms with Crippen molar-refractivity contribution < 1.29 is 0 Å². The predicted molar refractivity (Wildman–Crippen MR) is 101 cm³/mol. The number of nitrogens with zero attached hydrogens (tertiary/aromatic N) is 1. The van der Waals surface area contributed by atoms with Gasteiger partial charge in [-0.15, -0.1) is 0 Å². The van der Waals surface area contributed by atoms with E-state index >= 15 is 0 Å². The maximum Gasteiger partial charge on any atom is 0.0689 e. The van der Waals surface area contributed by atoms with E-state index in [-0.39, 0.29) is 5.41 Å². The first-order chi connectivity index (χ1) is 11.7. The molecule has 1 nitrogen and oxygen atoms in total. The van der Waals surface area contributed by atoms with E-state index in [4.69, 9.17) is 0 Å². The molecule has 0 saturated heterocycles. The molecule has 0 bridgehead atoms. The number of fused-ring (bicyclic) bond motifs is 3. The fourth-order valence-electron chi connectivity index (χ4n) is 6.79. The van der Waals surface area contributed by atoms with Crippen molar-refractivity contribution in [1.82, 2.24) is 0 Å². The van der Waals surface area contributed by atoms with Crippen LogP contribution in [0.25, 0.3) is 0 Å². The van der Waals surface area contributed by atoms with Crippen LogP contribution in [0.1, 0.15) is 104 Å². The monoisotopic (exact) mass is 329 g/mol. The molecule has 3 aliphatic carbocycles. The van der Waals surface area contributed by atoms with Crippen LogP contribution in [0.4, 0.5) is 0 Å². The Morgan fingerprint density at radius 2 is 1.71 bits per heavy atom. The SMILES string of the molecule is CCCCCC1(C#N)CCC2C(CCC3CC(CCC)CCC32)C1. The molecule has 0 heterocycles. The van der Waals surface area contributed by atoms with Crippen LogP contribution in [0.15, 0.2) is 0 Å². The summed E-state index contributed by atoms with van der Waals surface area (Å²) < 4.78 is 0. The highest BCUT2D eigenvalue weighted by atomic mass is 14.5. The van der Waals surface area contributed by atoms with Crippen molar-refractivity contribution in [2.45, 2.75) is 104 Å². The molecular formula is C23H39N. The quantitative estimate of drug-likeness (QED) is 0.476. The van der Waals surface area contributed by atoms with Crippen molar-refractivity contribution in [3.05, 3.63) is 0 Å². The maximum atomic E-state index is 9.91. The molecule has 3 saturated carbocycles. The molecule has 3 rings (SSSR count). The summed E-state index contributed by atoms with van der Waals surface area (Å²) in [4.78, 5) is 0. The summed E-state index contributed by atoms with van der Waals surface area (Å²) >= 11 is 0. The average molecular weight is 330 g/mol. The molecule has 0 amide bonds. The maximum absolute atomic E-state index is 9.91. The Labute approximate surface area is 150 Å². The smallest absolute Gasteiger partial charge is 0.0689 e. The Hall–Kier alpha value is -0.510. The third-order valence-electron chi connectivity index (χ3n) is 8.02. The van der Waals surface area contributed by atoms with Crippen molar-refractivity contribution in [1.29, 1.82) is 5.26 Å². The largest absolute Gasteiger partial charge is 0.198 e. The number of hydrogen-bond donors (Lipinski definition) is 0. The van der Waals surface area contributed by atoms with Crippen LogP contribution in [0, 0.1) is 46.3 Å². The van der Waals surface area contributed by atoms with Gasteiger partial charge in [-0.1, -0.05) is 52.4 Å². The molecule has 0 aromatic rings. The molecule has 1 heteroatoms. The van der Waals surface area contributed by atoms with Crippen LogP contribution in [0.2, 0.25) is 0 Å². The highest BCUT2D eigenvalue weighted by molar-refractivity contribution is 5.06. The number of rotatable bonds is 6. The first-order valence-corrected chi connectivity index (χ1v) is 11.1. The van der Waals surface area contributed by atoms with Gasteiger partial charge in [0.2, 0.25) is 0 Å². The first kappa shape index (κ1) is 18.3. The van der Waals surface area contributed by atoms with E-state index in [1.165, 1.54) is 89.9 Å². The number of nitriles is 1. The third kappa shape index (κ3) is 3.84. The van der Waals surface area contributed by atoms with Gasteiger partial charge in [0.25, 0.3) is 0 Å². The molecule has 0 radical (unpaired) electrons. The van der Waals surface area contributed by atoms with E-state index in [0.717, 1.165) is 29.6 Å². The molecule has 6 atom stereocenters. The Bertz CT molecular complexity index is 436. The topological polar surface area (TPSA) is 23.8 Å². The van der Waals surface area contributed by atoms with Crippen LogP contribution in [-0.4, -0.2) is 0 Å². The van der Waals surface area contributed by atoms with Gasteiger partial charge < -0.3 is 0 Å². The summed E-state index contributed by atoms with van der Waals surface area (Å²) in [6.07, 6.45) is 19.1. The summed E-state index contributed by atoms with van der Waals surface area (Å²) in [6, 6.07) is 2.81. The minimum atomic E-state index is 0.0442. The molecule has 0 spiro atoms. The fourth-order valence-corrected chi connectivity index (χ4v) is 6.79. The second-order valence-corrected chi connectivity index (χ2v) is 9.49. The van der Waals surface area contributed by atoms with Gasteiger partial charge in [-0.25, -0.2) is 0 Å². The first-order valence-electron chi connectivity index (χ1n) is 11.1. The molecule has 24 heavy (non-hydrogen) atoms. The molecule has 3 fully saturated rings. The Kier molecular flexibility index (Phi) is 6.28. The van der Waals surface area contributed by atoms with Crippen molar-refractivity contribution in [2.75, 3.05) is 0 Å². The van der Waals surface area contributed by atoms with E-state index in [9.17, 15) is 5.26 Å². The van der Waals surface area contributed by atoms with Crippen molar-refractivity contribution in [3.8, 4) is 6.07 Å². The normalized spacial score (nSPS) is 42.0. The van der Waals surface area contributed by atoms with E-state index < -0.39 is 0 Å². The molecule has 6 unspecified atom stereocenters. The van der Waals surface area contributed by atoms with Crippen LogP contribution in [0.5, 0.6) is 0 Å². The predicted octanol–water partition coefficient (Wildman–Crippen LogP) is 7.12. The molecule has 3 aliphatic rings. The molecule has 0 aromatic carbocycles. The van der Waals surface area contributed by atoms with Crippen molar-refractivity contribution in [3.63, 3.8) is 0 Å². The van der Waals surface area contributed by atoms with Crippen molar-refractivity contribution in [2.24, 2.45) is 35.0 Å². The van der Waals surface area contributed by atoms with Crippen LogP contribution < -0.4 is 0 Å². The molecular weight excluding hydrogens is 290 g/mol. The zero-order valence-electron chi connectivity index (χ0n) is 16.2. The minimum absolute atomic E-state index is 0.0442. The van der Waals surface area contributed by atoms with Crippen LogP contribution in [-0.2, 0) is 0 Å². The van der Waals surface area contributed by atoms with E-state index in [0.29, 0.717) is 0 Å². The summed E-state index contributed by atoms with van der Waals surface area (Å²) in [6.45, 7) is 4.62. The van der Waals surface area contributed by atoms with Crippen molar-refractivity contribution >= 4 is 0 Å². The fraction of sp³-hybridized carbons (Fsp3) is 0.957. The highest BCUT2D eigenvalue weighted by Gasteiger charge is 2.48. The molecule has 136 valence electrons. The standard InChI is InChI=1S/C23H39N/c1-3-5-6-13-23(17-24)14-12-22-20(16-23)10-9-19-15-18(7-4-2)8-11-21(19)22/h18-22H,3-16H2,1-2H3. The summed E-state index contributed by atoms with van der Waals surface area (Å²) in [5, 5.41) is 9.91. The Balaban J connectivity index is 1.60. The zero-order chi connectivity index (χ0) is 17.0. The lowest BCUT2D eigenvalue weighted by atomic mass is 9.52. The third-order valence-corrected chi connectivity index (χ3v) is 8.02. The van der Waals surface area contributed by atoms with Gasteiger partial charge in [-0.05, 0) is 81.0 Å². The highest BCUT2D eigenvalue weighted by Crippen LogP contribution is 2.57. The molecule has 0 aliphatic heterocycles. The van der Waals surface area contributed by atoms with Gasteiger partial charge in [0.15, 0.2) is 0 Å². The van der Waals surface area contributed by atoms with Gasteiger partial charge in [0.05, 0.1) is 11.5 Å². The Morgan fingerprint density at radius 1 is 0.917 bits per heavy atom. The van der Waals surface area contributed by atoms with Gasteiger partial charge in [0.1, 0.15) is 0 Å². The van der Waals surface area contributed by atoms with Gasteiger partial charge in [-0.3, -0.25) is 0 Å². The Morgan fingerprint density at radius 3 is 2.46 bits per heavy atom. The van der Waals surface area contributed by atoms with Crippen LogP contribution >= 0.6 is 0 Å². The average Bonchev–Trinajstić information content (AvgIpc) is 2.61. The van der Waals surface area contributed by atoms with Gasteiger partial charge in [0, 0.05) is 0 Å². The van der Waals surface area contributed by atoms with E-state index in [2.05, 4.69) is 19.9 Å². The summed E-state index contributed by atoms with van der Waals surface area (Å²) in [5.74, 6) is 4.93. The van der Waals surface area contributed by atoms with Gasteiger partial charge in [-0.2, -0.15) is 5.26 Å².